The van der Waals surface area contributed by atoms with Crippen molar-refractivity contribution in [3.8, 4) is 0 Å². The third kappa shape index (κ3) is 3.41. The fraction of sp³-hybridized carbons (Fsp3) is 0.389. The van der Waals surface area contributed by atoms with Gasteiger partial charge in [0.25, 0.3) is 0 Å². The summed E-state index contributed by atoms with van der Waals surface area (Å²) in [6.45, 7) is 6.63. The Morgan fingerprint density at radius 1 is 1.38 bits per heavy atom. The number of carbonyl (C=O) groups excluding carboxylic acids is 1. The molecule has 1 aromatic carbocycles. The van der Waals surface area contributed by atoms with E-state index in [4.69, 9.17) is 16.3 Å². The number of ether oxygens (including phenoxy) is 1. The van der Waals surface area contributed by atoms with E-state index >= 15 is 0 Å². The molecule has 4 nitrogen and oxygen atoms in total. The van der Waals surface area contributed by atoms with Crippen molar-refractivity contribution in [3.63, 3.8) is 0 Å². The first-order valence-electron chi connectivity index (χ1n) is 7.88. The second-order valence-electron chi connectivity index (χ2n) is 6.92. The molecule has 0 saturated carbocycles. The molecule has 0 saturated heterocycles. The van der Waals surface area contributed by atoms with Crippen molar-refractivity contribution >= 4 is 34.2 Å². The van der Waals surface area contributed by atoms with E-state index in [2.05, 4.69) is 4.98 Å². The van der Waals surface area contributed by atoms with Crippen LogP contribution in [0.3, 0.4) is 0 Å². The van der Waals surface area contributed by atoms with Gasteiger partial charge in [-0.05, 0) is 44.9 Å². The molecule has 0 fully saturated rings. The second-order valence-corrected chi connectivity index (χ2v) is 7.33. The van der Waals surface area contributed by atoms with Gasteiger partial charge in [-0.15, -0.1) is 0 Å². The third-order valence-electron chi connectivity index (χ3n) is 3.93. The number of halogens is 2. The number of benzene rings is 1. The summed E-state index contributed by atoms with van der Waals surface area (Å²) >= 11 is 5.90. The van der Waals surface area contributed by atoms with Crippen LogP contribution in [0.4, 0.5) is 9.18 Å². The van der Waals surface area contributed by atoms with Gasteiger partial charge in [0.2, 0.25) is 0 Å². The number of aromatic amines is 1. The summed E-state index contributed by atoms with van der Waals surface area (Å²) in [5.74, 6) is -0.439. The molecule has 0 atom stereocenters. The molecule has 24 heavy (non-hydrogen) atoms. The molecule has 6 heteroatoms. The summed E-state index contributed by atoms with van der Waals surface area (Å²) < 4.78 is 18.9. The van der Waals surface area contributed by atoms with Gasteiger partial charge in [0.05, 0.1) is 5.02 Å². The van der Waals surface area contributed by atoms with E-state index in [1.807, 2.05) is 33.0 Å². The SMILES string of the molecule is CC(C)(C)OC(=O)N1CC=C(c2c[nH]c3cc(F)c(Cl)cc23)CC1. The summed E-state index contributed by atoms with van der Waals surface area (Å²) in [7, 11) is 0. The number of amides is 1. The number of hydrogen-bond acceptors (Lipinski definition) is 2. The van der Waals surface area contributed by atoms with Crippen molar-refractivity contribution in [2.75, 3.05) is 13.1 Å². The molecule has 1 amide bonds. The van der Waals surface area contributed by atoms with Crippen LogP contribution in [0, 0.1) is 5.82 Å². The molecular formula is C18H20ClFN2O2. The topological polar surface area (TPSA) is 45.3 Å². The molecule has 128 valence electrons. The predicted molar refractivity (Wildman–Crippen MR) is 93.7 cm³/mol. The smallest absolute Gasteiger partial charge is 0.410 e. The average Bonchev–Trinajstić information content (AvgIpc) is 2.89. The molecule has 2 aromatic rings. The Bertz CT molecular complexity index is 820. The van der Waals surface area contributed by atoms with Gasteiger partial charge >= 0.3 is 6.09 Å². The first-order valence-corrected chi connectivity index (χ1v) is 8.26. The van der Waals surface area contributed by atoms with Crippen LogP contribution in [-0.4, -0.2) is 34.7 Å². The van der Waals surface area contributed by atoms with Crippen LogP contribution in [-0.2, 0) is 4.74 Å². The van der Waals surface area contributed by atoms with Crippen LogP contribution in [0.15, 0.2) is 24.4 Å². The van der Waals surface area contributed by atoms with Crippen LogP contribution in [0.5, 0.6) is 0 Å². The zero-order valence-corrected chi connectivity index (χ0v) is 14.7. The molecule has 1 N–H and O–H groups in total. The standard InChI is InChI=1S/C18H20ClFN2O2/c1-18(2,3)24-17(23)22-6-4-11(5-7-22)13-10-21-16-9-15(20)14(19)8-12(13)16/h4,8-10,21H,5-7H2,1-3H3. The van der Waals surface area contributed by atoms with Crippen molar-refractivity contribution in [2.24, 2.45) is 0 Å². The zero-order valence-electron chi connectivity index (χ0n) is 14.0. The number of nitrogens with zero attached hydrogens (tertiary/aromatic N) is 1. The Labute approximate surface area is 145 Å². The van der Waals surface area contributed by atoms with Gasteiger partial charge in [-0.25, -0.2) is 9.18 Å². The highest BCUT2D eigenvalue weighted by atomic mass is 35.5. The first-order chi connectivity index (χ1) is 11.2. The molecule has 1 aliphatic rings. The molecule has 0 radical (unpaired) electrons. The molecule has 0 aliphatic carbocycles. The molecular weight excluding hydrogens is 331 g/mol. The fourth-order valence-electron chi connectivity index (χ4n) is 2.79. The maximum Gasteiger partial charge on any atom is 0.410 e. The van der Waals surface area contributed by atoms with Crippen LogP contribution >= 0.6 is 11.6 Å². The van der Waals surface area contributed by atoms with Crippen molar-refractivity contribution in [2.45, 2.75) is 32.8 Å². The molecule has 0 bridgehead atoms. The van der Waals surface area contributed by atoms with E-state index in [0.717, 1.165) is 16.5 Å². The number of hydrogen-bond donors (Lipinski definition) is 1. The highest BCUT2D eigenvalue weighted by molar-refractivity contribution is 6.31. The fourth-order valence-corrected chi connectivity index (χ4v) is 2.95. The van der Waals surface area contributed by atoms with E-state index in [1.165, 1.54) is 6.07 Å². The molecule has 2 heterocycles. The predicted octanol–water partition coefficient (Wildman–Crippen LogP) is 4.98. The molecule has 0 spiro atoms. The first kappa shape index (κ1) is 16.8. The van der Waals surface area contributed by atoms with Crippen molar-refractivity contribution < 1.29 is 13.9 Å². The molecule has 1 aromatic heterocycles. The lowest BCUT2D eigenvalue weighted by Crippen LogP contribution is -2.39. The zero-order chi connectivity index (χ0) is 17.5. The van der Waals surface area contributed by atoms with E-state index in [1.54, 1.807) is 11.0 Å². The van der Waals surface area contributed by atoms with Gasteiger partial charge in [-0.1, -0.05) is 17.7 Å². The third-order valence-corrected chi connectivity index (χ3v) is 4.22. The van der Waals surface area contributed by atoms with E-state index in [0.29, 0.717) is 25.0 Å². The second kappa shape index (κ2) is 6.13. The number of aromatic nitrogens is 1. The average molecular weight is 351 g/mol. The van der Waals surface area contributed by atoms with E-state index < -0.39 is 11.4 Å². The summed E-state index contributed by atoms with van der Waals surface area (Å²) in [6, 6.07) is 3.04. The van der Waals surface area contributed by atoms with Crippen molar-refractivity contribution in [1.82, 2.24) is 9.88 Å². The minimum Gasteiger partial charge on any atom is -0.444 e. The number of fused-ring (bicyclic) bond motifs is 1. The molecule has 3 rings (SSSR count). The van der Waals surface area contributed by atoms with E-state index in [9.17, 15) is 9.18 Å². The Balaban J connectivity index is 1.81. The lowest BCUT2D eigenvalue weighted by Gasteiger charge is -2.29. The van der Waals surface area contributed by atoms with Gasteiger partial charge in [0, 0.05) is 35.8 Å². The van der Waals surface area contributed by atoms with Gasteiger partial charge in [0.1, 0.15) is 11.4 Å². The molecule has 1 aliphatic heterocycles. The van der Waals surface area contributed by atoms with Gasteiger partial charge in [0.15, 0.2) is 0 Å². The summed E-state index contributed by atoms with van der Waals surface area (Å²) in [6.07, 6.45) is 4.27. The van der Waals surface area contributed by atoms with Crippen LogP contribution in [0.2, 0.25) is 5.02 Å². The van der Waals surface area contributed by atoms with Gasteiger partial charge < -0.3 is 14.6 Å². The minimum atomic E-state index is -0.501. The summed E-state index contributed by atoms with van der Waals surface area (Å²) in [5.41, 5.74) is 2.32. The number of carbonyl (C=O) groups is 1. The van der Waals surface area contributed by atoms with Gasteiger partial charge in [-0.3, -0.25) is 0 Å². The Morgan fingerprint density at radius 3 is 2.75 bits per heavy atom. The molecule has 0 unspecified atom stereocenters. The number of H-pyrrole nitrogens is 1. The summed E-state index contributed by atoms with van der Waals surface area (Å²) in [5, 5.41) is 0.994. The van der Waals surface area contributed by atoms with E-state index in [-0.39, 0.29) is 11.1 Å². The summed E-state index contributed by atoms with van der Waals surface area (Å²) in [4.78, 5) is 16.9. The minimum absolute atomic E-state index is 0.107. The maximum atomic E-state index is 13.6. The number of nitrogens with one attached hydrogen (secondary N) is 1. The number of rotatable bonds is 1. The largest absolute Gasteiger partial charge is 0.444 e. The van der Waals surface area contributed by atoms with Crippen molar-refractivity contribution in [3.05, 3.63) is 40.8 Å². The Hall–Kier alpha value is -2.01. The Morgan fingerprint density at radius 2 is 2.12 bits per heavy atom. The highest BCUT2D eigenvalue weighted by Gasteiger charge is 2.24. The maximum absolute atomic E-state index is 13.6. The lowest BCUT2D eigenvalue weighted by atomic mass is 9.99. The van der Waals surface area contributed by atoms with Crippen LogP contribution in [0.25, 0.3) is 16.5 Å². The normalized spacial score (nSPS) is 15.5. The highest BCUT2D eigenvalue weighted by Crippen LogP contribution is 2.32. The van der Waals surface area contributed by atoms with Gasteiger partial charge in [-0.2, -0.15) is 0 Å². The quantitative estimate of drug-likeness (QED) is 0.788. The lowest BCUT2D eigenvalue weighted by molar-refractivity contribution is 0.0270. The van der Waals surface area contributed by atoms with Crippen LogP contribution in [0.1, 0.15) is 32.8 Å². The van der Waals surface area contributed by atoms with Crippen molar-refractivity contribution in [1.29, 1.82) is 0 Å². The Kier molecular flexibility index (Phi) is 4.30. The van der Waals surface area contributed by atoms with Crippen LogP contribution < -0.4 is 0 Å². The monoisotopic (exact) mass is 350 g/mol.